The SMILES string of the molecule is Cc1cc(C)n(Cc2cccc(C(=O)N3C[C@@H](C)N[C@@H](C)C3)c2)n1. The van der Waals surface area contributed by atoms with Crippen LogP contribution in [0, 0.1) is 13.8 Å². The molecule has 1 amide bonds. The number of aromatic nitrogens is 2. The zero-order valence-corrected chi connectivity index (χ0v) is 14.9. The summed E-state index contributed by atoms with van der Waals surface area (Å²) in [7, 11) is 0. The van der Waals surface area contributed by atoms with Crippen LogP contribution in [0.2, 0.25) is 0 Å². The van der Waals surface area contributed by atoms with Crippen LogP contribution in [-0.2, 0) is 6.54 Å². The maximum atomic E-state index is 12.8. The fourth-order valence-electron chi connectivity index (χ4n) is 3.49. The van der Waals surface area contributed by atoms with Crippen LogP contribution in [0.1, 0.15) is 41.2 Å². The molecule has 5 heteroatoms. The van der Waals surface area contributed by atoms with Gasteiger partial charge in [0.1, 0.15) is 0 Å². The van der Waals surface area contributed by atoms with Gasteiger partial charge in [-0.2, -0.15) is 5.10 Å². The molecule has 0 bridgehead atoms. The van der Waals surface area contributed by atoms with Crippen LogP contribution in [0.3, 0.4) is 0 Å². The Balaban J connectivity index is 1.77. The molecular formula is C19H26N4O. The Morgan fingerprint density at radius 3 is 2.54 bits per heavy atom. The van der Waals surface area contributed by atoms with Crippen molar-refractivity contribution < 1.29 is 4.79 Å². The zero-order valence-electron chi connectivity index (χ0n) is 14.9. The van der Waals surface area contributed by atoms with Crippen molar-refractivity contribution in [3.05, 3.63) is 52.8 Å². The molecule has 128 valence electrons. The van der Waals surface area contributed by atoms with Gasteiger partial charge >= 0.3 is 0 Å². The number of hydrogen-bond acceptors (Lipinski definition) is 3. The number of amides is 1. The Bertz CT molecular complexity index is 727. The van der Waals surface area contributed by atoms with E-state index in [1.807, 2.05) is 34.7 Å². The summed E-state index contributed by atoms with van der Waals surface area (Å²) < 4.78 is 1.98. The molecule has 0 saturated carbocycles. The van der Waals surface area contributed by atoms with Crippen LogP contribution in [0.4, 0.5) is 0 Å². The highest BCUT2D eigenvalue weighted by molar-refractivity contribution is 5.94. The van der Waals surface area contributed by atoms with Crippen molar-refractivity contribution in [2.45, 2.75) is 46.3 Å². The number of hydrogen-bond donors (Lipinski definition) is 1. The van der Waals surface area contributed by atoms with E-state index in [0.29, 0.717) is 18.6 Å². The smallest absolute Gasteiger partial charge is 0.253 e. The molecule has 0 radical (unpaired) electrons. The summed E-state index contributed by atoms with van der Waals surface area (Å²) in [6.45, 7) is 10.5. The van der Waals surface area contributed by atoms with E-state index in [-0.39, 0.29) is 5.91 Å². The van der Waals surface area contributed by atoms with Crippen molar-refractivity contribution in [2.75, 3.05) is 13.1 Å². The van der Waals surface area contributed by atoms with Crippen molar-refractivity contribution in [1.82, 2.24) is 20.0 Å². The Morgan fingerprint density at radius 2 is 1.92 bits per heavy atom. The Morgan fingerprint density at radius 1 is 1.21 bits per heavy atom. The molecule has 1 aromatic heterocycles. The second-order valence-corrected chi connectivity index (χ2v) is 6.96. The highest BCUT2D eigenvalue weighted by atomic mass is 16.2. The molecule has 0 spiro atoms. The van der Waals surface area contributed by atoms with E-state index in [2.05, 4.69) is 43.3 Å². The van der Waals surface area contributed by atoms with E-state index in [1.54, 1.807) is 0 Å². The second-order valence-electron chi connectivity index (χ2n) is 6.96. The Labute approximate surface area is 143 Å². The molecule has 1 fully saturated rings. The predicted molar refractivity (Wildman–Crippen MR) is 95.2 cm³/mol. The van der Waals surface area contributed by atoms with E-state index in [9.17, 15) is 4.79 Å². The quantitative estimate of drug-likeness (QED) is 0.942. The van der Waals surface area contributed by atoms with Gasteiger partial charge < -0.3 is 10.2 Å². The van der Waals surface area contributed by atoms with Crippen molar-refractivity contribution in [3.63, 3.8) is 0 Å². The first-order valence-corrected chi connectivity index (χ1v) is 8.57. The lowest BCUT2D eigenvalue weighted by Crippen LogP contribution is -2.55. The average molecular weight is 326 g/mol. The lowest BCUT2D eigenvalue weighted by molar-refractivity contribution is 0.0673. The molecule has 3 rings (SSSR count). The summed E-state index contributed by atoms with van der Waals surface area (Å²) in [5.41, 5.74) is 4.01. The molecule has 1 N–H and O–H groups in total. The number of piperazine rings is 1. The first kappa shape index (κ1) is 16.7. The van der Waals surface area contributed by atoms with Gasteiger partial charge in [0, 0.05) is 36.4 Å². The number of carbonyl (C=O) groups excluding carboxylic acids is 1. The number of nitrogens with one attached hydrogen (secondary N) is 1. The van der Waals surface area contributed by atoms with Gasteiger partial charge in [0.2, 0.25) is 0 Å². The van der Waals surface area contributed by atoms with Crippen LogP contribution < -0.4 is 5.32 Å². The lowest BCUT2D eigenvalue weighted by atomic mass is 10.1. The predicted octanol–water partition coefficient (Wildman–Crippen LogP) is 2.37. The molecule has 2 atom stereocenters. The molecule has 5 nitrogen and oxygen atoms in total. The van der Waals surface area contributed by atoms with E-state index in [1.165, 1.54) is 0 Å². The number of rotatable bonds is 3. The van der Waals surface area contributed by atoms with Crippen LogP contribution in [0.15, 0.2) is 30.3 Å². The lowest BCUT2D eigenvalue weighted by Gasteiger charge is -2.36. The molecule has 1 aliphatic heterocycles. The Kier molecular flexibility index (Phi) is 4.71. The van der Waals surface area contributed by atoms with Crippen molar-refractivity contribution in [1.29, 1.82) is 0 Å². The first-order valence-electron chi connectivity index (χ1n) is 8.57. The molecule has 2 aromatic rings. The van der Waals surface area contributed by atoms with Crippen LogP contribution in [-0.4, -0.2) is 45.8 Å². The van der Waals surface area contributed by atoms with Gasteiger partial charge in [0.15, 0.2) is 0 Å². The molecule has 2 heterocycles. The van der Waals surface area contributed by atoms with Gasteiger partial charge in [-0.3, -0.25) is 9.48 Å². The minimum Gasteiger partial charge on any atom is -0.336 e. The third kappa shape index (κ3) is 3.67. The molecule has 1 saturated heterocycles. The number of carbonyl (C=O) groups is 1. The summed E-state index contributed by atoms with van der Waals surface area (Å²) in [5, 5.41) is 7.97. The number of aryl methyl sites for hydroxylation is 2. The van der Waals surface area contributed by atoms with Gasteiger partial charge in [0.25, 0.3) is 5.91 Å². The molecule has 24 heavy (non-hydrogen) atoms. The molecule has 0 unspecified atom stereocenters. The number of nitrogens with zero attached hydrogens (tertiary/aromatic N) is 3. The van der Waals surface area contributed by atoms with E-state index in [0.717, 1.165) is 35.6 Å². The highest BCUT2D eigenvalue weighted by Gasteiger charge is 2.25. The fraction of sp³-hybridized carbons (Fsp3) is 0.474. The zero-order chi connectivity index (χ0) is 17.3. The van der Waals surface area contributed by atoms with Gasteiger partial charge in [0.05, 0.1) is 12.2 Å². The highest BCUT2D eigenvalue weighted by Crippen LogP contribution is 2.14. The molecular weight excluding hydrogens is 300 g/mol. The summed E-state index contributed by atoms with van der Waals surface area (Å²) >= 11 is 0. The molecule has 1 aliphatic rings. The second kappa shape index (κ2) is 6.77. The van der Waals surface area contributed by atoms with Crippen molar-refractivity contribution >= 4 is 5.91 Å². The third-order valence-electron chi connectivity index (χ3n) is 4.45. The van der Waals surface area contributed by atoms with Crippen LogP contribution >= 0.6 is 0 Å². The number of benzene rings is 1. The summed E-state index contributed by atoms with van der Waals surface area (Å²) in [4.78, 5) is 14.8. The van der Waals surface area contributed by atoms with Crippen LogP contribution in [0.5, 0.6) is 0 Å². The minimum atomic E-state index is 0.116. The molecule has 1 aromatic carbocycles. The molecule has 0 aliphatic carbocycles. The first-order chi connectivity index (χ1) is 11.4. The minimum absolute atomic E-state index is 0.116. The van der Waals surface area contributed by atoms with Gasteiger partial charge in [-0.05, 0) is 51.5 Å². The fourth-order valence-corrected chi connectivity index (χ4v) is 3.49. The van der Waals surface area contributed by atoms with Crippen LogP contribution in [0.25, 0.3) is 0 Å². The summed E-state index contributed by atoms with van der Waals surface area (Å²) in [6.07, 6.45) is 0. The largest absolute Gasteiger partial charge is 0.336 e. The summed E-state index contributed by atoms with van der Waals surface area (Å²) in [6, 6.07) is 10.6. The van der Waals surface area contributed by atoms with E-state index >= 15 is 0 Å². The van der Waals surface area contributed by atoms with Gasteiger partial charge in [-0.1, -0.05) is 12.1 Å². The Hall–Kier alpha value is -2.14. The van der Waals surface area contributed by atoms with Gasteiger partial charge in [-0.15, -0.1) is 0 Å². The maximum Gasteiger partial charge on any atom is 0.253 e. The van der Waals surface area contributed by atoms with E-state index in [4.69, 9.17) is 0 Å². The van der Waals surface area contributed by atoms with E-state index < -0.39 is 0 Å². The normalized spacial score (nSPS) is 21.1. The van der Waals surface area contributed by atoms with Crippen molar-refractivity contribution in [2.24, 2.45) is 0 Å². The summed E-state index contributed by atoms with van der Waals surface area (Å²) in [5.74, 6) is 0.116. The maximum absolute atomic E-state index is 12.8. The standard InChI is InChI=1S/C19H26N4O/c1-13-8-16(4)23(21-13)12-17-6-5-7-18(9-17)19(24)22-10-14(2)20-15(3)11-22/h5-9,14-15,20H,10-12H2,1-4H3/t14-,15+. The topological polar surface area (TPSA) is 50.2 Å². The average Bonchev–Trinajstić information content (AvgIpc) is 2.83. The third-order valence-corrected chi connectivity index (χ3v) is 4.45. The van der Waals surface area contributed by atoms with Crippen molar-refractivity contribution in [3.8, 4) is 0 Å². The van der Waals surface area contributed by atoms with Gasteiger partial charge in [-0.25, -0.2) is 0 Å². The monoisotopic (exact) mass is 326 g/mol.